The monoisotopic (exact) mass is 639 g/mol. The van der Waals surface area contributed by atoms with Crippen molar-refractivity contribution in [2.24, 2.45) is 0 Å². The van der Waals surface area contributed by atoms with Crippen LogP contribution in [0.4, 0.5) is 13.2 Å². The standard InChI is InChI=1S/C28H30Cl2F3N7O3/c29-19-8-6-18(7-9-19)25-37-39(26(42)38(25)16-22(41)28(31,32)33)17-23-35-24(10-12-27(43)11-3-14-34-15-13-27)40(36-23)21-5-2-1-4-20(21)30/h1-2,4-9,22,34,41,43H,3,10-17H2/t22-,27?/m0/s1. The number of nitrogens with zero attached hydrogens (tertiary/aromatic N) is 6. The maximum Gasteiger partial charge on any atom is 0.416 e. The van der Waals surface area contributed by atoms with Crippen LogP contribution < -0.4 is 11.0 Å². The fraction of sp³-hybridized carbons (Fsp3) is 0.429. The maximum atomic E-state index is 13.4. The van der Waals surface area contributed by atoms with Gasteiger partial charge in [0.05, 0.1) is 22.9 Å². The molecule has 43 heavy (non-hydrogen) atoms. The first-order chi connectivity index (χ1) is 20.4. The molecule has 0 saturated carbocycles. The molecule has 0 bridgehead atoms. The van der Waals surface area contributed by atoms with Gasteiger partial charge in [0.15, 0.2) is 17.8 Å². The van der Waals surface area contributed by atoms with Crippen molar-refractivity contribution in [1.82, 2.24) is 34.4 Å². The zero-order valence-corrected chi connectivity index (χ0v) is 24.4. The molecule has 10 nitrogen and oxygen atoms in total. The summed E-state index contributed by atoms with van der Waals surface area (Å²) in [5, 5.41) is 33.9. The molecule has 2 aromatic heterocycles. The molecule has 3 heterocycles. The Labute approximate surface area is 254 Å². The number of hydrogen-bond donors (Lipinski definition) is 3. The zero-order chi connectivity index (χ0) is 30.8. The van der Waals surface area contributed by atoms with Crippen LogP contribution in [0.5, 0.6) is 0 Å². The Morgan fingerprint density at radius 1 is 1.05 bits per heavy atom. The lowest BCUT2D eigenvalue weighted by Crippen LogP contribution is -2.37. The van der Waals surface area contributed by atoms with E-state index in [0.29, 0.717) is 59.3 Å². The summed E-state index contributed by atoms with van der Waals surface area (Å²) in [6.45, 7) is 0.207. The number of rotatable bonds is 9. The Morgan fingerprint density at radius 3 is 2.51 bits per heavy atom. The molecule has 0 spiro atoms. The van der Waals surface area contributed by atoms with E-state index < -0.39 is 30.1 Å². The van der Waals surface area contributed by atoms with Gasteiger partial charge in [-0.05, 0) is 75.2 Å². The summed E-state index contributed by atoms with van der Waals surface area (Å²) in [5.41, 5.74) is -0.899. The molecule has 1 unspecified atom stereocenters. The van der Waals surface area contributed by atoms with Crippen LogP contribution in [0.25, 0.3) is 17.1 Å². The molecule has 0 aliphatic carbocycles. The third-order valence-electron chi connectivity index (χ3n) is 7.43. The second-order valence-corrected chi connectivity index (χ2v) is 11.4. The van der Waals surface area contributed by atoms with Crippen molar-refractivity contribution in [3.05, 3.63) is 80.7 Å². The molecular weight excluding hydrogens is 610 g/mol. The van der Waals surface area contributed by atoms with E-state index in [-0.39, 0.29) is 18.2 Å². The van der Waals surface area contributed by atoms with Gasteiger partial charge < -0.3 is 15.5 Å². The van der Waals surface area contributed by atoms with Gasteiger partial charge in [-0.15, -0.1) is 10.2 Å². The minimum absolute atomic E-state index is 0.0834. The quantitative estimate of drug-likeness (QED) is 0.253. The number of nitrogens with one attached hydrogen (secondary N) is 1. The molecule has 1 aliphatic heterocycles. The van der Waals surface area contributed by atoms with Gasteiger partial charge in [-0.25, -0.2) is 19.1 Å². The molecule has 5 rings (SSSR count). The lowest BCUT2D eigenvalue weighted by atomic mass is 9.89. The van der Waals surface area contributed by atoms with Crippen LogP contribution in [0.3, 0.4) is 0 Å². The average Bonchev–Trinajstić information content (AvgIpc) is 3.41. The Kier molecular flexibility index (Phi) is 9.28. The van der Waals surface area contributed by atoms with E-state index in [1.807, 2.05) is 0 Å². The summed E-state index contributed by atoms with van der Waals surface area (Å²) in [7, 11) is 0. The highest BCUT2D eigenvalue weighted by atomic mass is 35.5. The number of aryl methyl sites for hydroxylation is 1. The lowest BCUT2D eigenvalue weighted by Gasteiger charge is -2.26. The molecular formula is C28H30Cl2F3N7O3. The minimum atomic E-state index is -4.94. The van der Waals surface area contributed by atoms with E-state index in [4.69, 9.17) is 23.2 Å². The molecule has 2 aromatic carbocycles. The van der Waals surface area contributed by atoms with E-state index in [1.165, 1.54) is 24.3 Å². The van der Waals surface area contributed by atoms with Crippen molar-refractivity contribution in [3.63, 3.8) is 0 Å². The van der Waals surface area contributed by atoms with E-state index in [1.54, 1.807) is 28.9 Å². The van der Waals surface area contributed by atoms with Gasteiger partial charge in [-0.2, -0.15) is 13.2 Å². The average molecular weight is 640 g/mol. The number of aliphatic hydroxyl groups is 2. The van der Waals surface area contributed by atoms with E-state index in [9.17, 15) is 28.2 Å². The van der Waals surface area contributed by atoms with Crippen molar-refractivity contribution in [2.75, 3.05) is 13.1 Å². The summed E-state index contributed by atoms with van der Waals surface area (Å²) in [6.07, 6.45) is -4.90. The molecule has 230 valence electrons. The van der Waals surface area contributed by atoms with Crippen molar-refractivity contribution in [1.29, 1.82) is 0 Å². The number of halogens is 5. The van der Waals surface area contributed by atoms with Crippen molar-refractivity contribution in [2.45, 2.75) is 63.1 Å². The highest BCUT2D eigenvalue weighted by Gasteiger charge is 2.39. The van der Waals surface area contributed by atoms with E-state index in [2.05, 4.69) is 20.5 Å². The fourth-order valence-electron chi connectivity index (χ4n) is 5.08. The van der Waals surface area contributed by atoms with Crippen LogP contribution in [0, 0.1) is 0 Å². The van der Waals surface area contributed by atoms with E-state index in [0.717, 1.165) is 22.2 Å². The maximum absolute atomic E-state index is 13.4. The summed E-state index contributed by atoms with van der Waals surface area (Å²) in [6, 6.07) is 13.1. The van der Waals surface area contributed by atoms with Crippen molar-refractivity contribution >= 4 is 23.2 Å². The minimum Gasteiger partial charge on any atom is -0.390 e. The van der Waals surface area contributed by atoms with Gasteiger partial charge in [0.1, 0.15) is 12.4 Å². The number of benzene rings is 2. The van der Waals surface area contributed by atoms with E-state index >= 15 is 0 Å². The van der Waals surface area contributed by atoms with Crippen LogP contribution in [0.15, 0.2) is 53.3 Å². The Balaban J connectivity index is 1.51. The first-order valence-corrected chi connectivity index (χ1v) is 14.5. The number of hydrogen-bond acceptors (Lipinski definition) is 7. The first-order valence-electron chi connectivity index (χ1n) is 13.7. The van der Waals surface area contributed by atoms with Gasteiger partial charge >= 0.3 is 11.9 Å². The molecule has 1 saturated heterocycles. The van der Waals surface area contributed by atoms with Gasteiger partial charge in [0.25, 0.3) is 0 Å². The van der Waals surface area contributed by atoms with Gasteiger partial charge in [0, 0.05) is 17.0 Å². The molecule has 4 aromatic rings. The predicted octanol–water partition coefficient (Wildman–Crippen LogP) is 4.01. The molecule has 1 aliphatic rings. The topological polar surface area (TPSA) is 123 Å². The fourth-order valence-corrected chi connectivity index (χ4v) is 5.42. The van der Waals surface area contributed by atoms with Crippen LogP contribution in [-0.4, -0.2) is 70.3 Å². The number of aromatic nitrogens is 6. The van der Waals surface area contributed by atoms with Crippen LogP contribution in [0.2, 0.25) is 10.0 Å². The summed E-state index contributed by atoms with van der Waals surface area (Å²) in [5.74, 6) is 0.571. The number of aliphatic hydroxyl groups excluding tert-OH is 1. The van der Waals surface area contributed by atoms with Crippen LogP contribution in [-0.2, 0) is 19.5 Å². The van der Waals surface area contributed by atoms with Crippen molar-refractivity contribution in [3.8, 4) is 17.1 Å². The van der Waals surface area contributed by atoms with Crippen LogP contribution >= 0.6 is 23.2 Å². The predicted molar refractivity (Wildman–Crippen MR) is 154 cm³/mol. The normalized spacial score (nSPS) is 18.5. The largest absolute Gasteiger partial charge is 0.416 e. The molecule has 0 amide bonds. The van der Waals surface area contributed by atoms with Gasteiger partial charge in [-0.3, -0.25) is 4.57 Å². The Hall–Kier alpha value is -3.23. The Bertz CT molecular complexity index is 1610. The Morgan fingerprint density at radius 2 is 1.79 bits per heavy atom. The molecule has 15 heteroatoms. The number of para-hydroxylation sites is 1. The molecule has 0 radical (unpaired) electrons. The second-order valence-electron chi connectivity index (χ2n) is 10.6. The van der Waals surface area contributed by atoms with Crippen molar-refractivity contribution < 1.29 is 23.4 Å². The molecule has 1 fully saturated rings. The second kappa shape index (κ2) is 12.8. The van der Waals surface area contributed by atoms with Gasteiger partial charge in [0.2, 0.25) is 0 Å². The van der Waals surface area contributed by atoms with Crippen LogP contribution in [0.1, 0.15) is 37.3 Å². The lowest BCUT2D eigenvalue weighted by molar-refractivity contribution is -0.207. The number of alkyl halides is 3. The third kappa shape index (κ3) is 7.29. The molecule has 3 N–H and O–H groups in total. The van der Waals surface area contributed by atoms with Gasteiger partial charge in [-0.1, -0.05) is 35.3 Å². The molecule has 2 atom stereocenters. The first kappa shape index (κ1) is 31.2. The summed E-state index contributed by atoms with van der Waals surface area (Å²) in [4.78, 5) is 18.0. The third-order valence-corrected chi connectivity index (χ3v) is 8.00. The summed E-state index contributed by atoms with van der Waals surface area (Å²) < 4.78 is 43.0. The smallest absolute Gasteiger partial charge is 0.390 e. The highest BCUT2D eigenvalue weighted by Crippen LogP contribution is 2.28. The SMILES string of the molecule is O=c1n(Cc2nc(CCC3(O)CCCNCC3)n(-c3ccccc3Cl)n2)nc(-c2ccc(Cl)cc2)n1C[C@H](O)C(F)(F)F. The highest BCUT2D eigenvalue weighted by molar-refractivity contribution is 6.32. The summed E-state index contributed by atoms with van der Waals surface area (Å²) >= 11 is 12.4. The zero-order valence-electron chi connectivity index (χ0n) is 22.9.